The number of alkyl halides is 1. The second kappa shape index (κ2) is 7.92. The Bertz CT molecular complexity index is 1020. The van der Waals surface area contributed by atoms with Gasteiger partial charge in [0.15, 0.2) is 22.8 Å². The minimum absolute atomic E-state index is 0.0551. The van der Waals surface area contributed by atoms with Crippen LogP contribution < -0.4 is 0 Å². The third-order valence-electron chi connectivity index (χ3n) is 9.31. The van der Waals surface area contributed by atoms with Gasteiger partial charge in [-0.25, -0.2) is 4.39 Å². The number of carbonyl (C=O) groups is 4. The molecule has 0 unspecified atom stereocenters. The summed E-state index contributed by atoms with van der Waals surface area (Å²) in [4.78, 5) is 51.0. The van der Waals surface area contributed by atoms with Crippen LogP contribution in [-0.2, 0) is 23.9 Å². The quantitative estimate of drug-likeness (QED) is 0.585. The summed E-state index contributed by atoms with van der Waals surface area (Å²) in [6.45, 7) is 5.91. The minimum Gasteiger partial charge on any atom is -0.450 e. The van der Waals surface area contributed by atoms with Gasteiger partial charge in [-0.2, -0.15) is 0 Å². The highest BCUT2D eigenvalue weighted by Crippen LogP contribution is 2.71. The lowest BCUT2D eigenvalue weighted by atomic mass is 9.44. The highest BCUT2D eigenvalue weighted by molar-refractivity contribution is 6.10. The second-order valence-corrected chi connectivity index (χ2v) is 10.9. The fraction of sp³-hybridized carbons (Fsp3) is 0.692. The normalized spacial score (nSPS) is 45.2. The van der Waals surface area contributed by atoms with E-state index in [1.54, 1.807) is 20.8 Å². The lowest BCUT2D eigenvalue weighted by Gasteiger charge is -2.62. The fourth-order valence-corrected chi connectivity index (χ4v) is 7.78. The van der Waals surface area contributed by atoms with E-state index in [4.69, 9.17) is 4.74 Å². The third-order valence-corrected chi connectivity index (χ3v) is 9.31. The van der Waals surface area contributed by atoms with Crippen LogP contribution in [0.4, 0.5) is 4.39 Å². The molecule has 4 aliphatic rings. The van der Waals surface area contributed by atoms with Crippen molar-refractivity contribution in [3.8, 4) is 0 Å². The van der Waals surface area contributed by atoms with Crippen LogP contribution in [0.25, 0.3) is 0 Å². The average molecular weight is 477 g/mol. The van der Waals surface area contributed by atoms with Gasteiger partial charge in [0.1, 0.15) is 6.61 Å². The van der Waals surface area contributed by atoms with Gasteiger partial charge in [0.05, 0.1) is 11.5 Å². The molecule has 0 aromatic rings. The van der Waals surface area contributed by atoms with Crippen molar-refractivity contribution in [2.75, 3.05) is 6.61 Å². The smallest absolute Gasteiger partial charge is 0.306 e. The van der Waals surface area contributed by atoms with Crippen molar-refractivity contribution < 1.29 is 38.5 Å². The summed E-state index contributed by atoms with van der Waals surface area (Å²) in [7, 11) is 0. The maximum Gasteiger partial charge on any atom is 0.306 e. The summed E-state index contributed by atoms with van der Waals surface area (Å²) in [5.74, 6) is -4.12. The Labute approximate surface area is 198 Å². The van der Waals surface area contributed by atoms with E-state index >= 15 is 4.39 Å². The van der Waals surface area contributed by atoms with Gasteiger partial charge >= 0.3 is 5.97 Å². The summed E-state index contributed by atoms with van der Waals surface area (Å²) in [5.41, 5.74) is -6.64. The van der Waals surface area contributed by atoms with Gasteiger partial charge in [-0.05, 0) is 44.3 Å². The zero-order valence-electron chi connectivity index (χ0n) is 20.1. The number of fused-ring (bicyclic) bond motifs is 5. The molecule has 0 heterocycles. The standard InChI is InChI=1S/C26H33FO7/c1-5-6-22(33)34-26(21(32)13-28)14(2)9-16-17-11-19(30)18-10-15(29)7-8-23(18,3)25(17,27)20(31)12-24(16,26)4/h7-8,10,14,16-17,20,28,31H,5-6,9,11-13H2,1-4H3/t14-,16-,17-,20-,23-,24-,25-,26+/m0/s1. The number of aliphatic hydroxyl groups excluding tert-OH is 2. The SMILES string of the molecule is CCCC(=O)O[C@@]1(C(=O)CO)[C@@H](C)C[C@H]2[C@@H]3CC(=O)C4=CC(=O)C=C[C@]4(C)[C@@]3(F)[C@@H](O)C[C@@]21C. The Morgan fingerprint density at radius 3 is 2.53 bits per heavy atom. The molecular weight excluding hydrogens is 443 g/mol. The number of rotatable bonds is 5. The molecule has 0 aromatic heterocycles. The largest absolute Gasteiger partial charge is 0.450 e. The Kier molecular flexibility index (Phi) is 5.80. The summed E-state index contributed by atoms with van der Waals surface area (Å²) in [6, 6.07) is 0. The fourth-order valence-electron chi connectivity index (χ4n) is 7.78. The lowest BCUT2D eigenvalue weighted by molar-refractivity contribution is -0.227. The first-order valence-corrected chi connectivity index (χ1v) is 12.0. The molecule has 2 N–H and O–H groups in total. The third kappa shape index (κ3) is 2.87. The number of allylic oxidation sites excluding steroid dienone is 4. The first kappa shape index (κ1) is 24.9. The van der Waals surface area contributed by atoms with Crippen molar-refractivity contribution in [3.05, 3.63) is 23.8 Å². The Hall–Kier alpha value is -2.19. The molecule has 0 saturated heterocycles. The van der Waals surface area contributed by atoms with Crippen LogP contribution in [0, 0.1) is 28.6 Å². The van der Waals surface area contributed by atoms with Gasteiger partial charge in [0, 0.05) is 35.7 Å². The molecule has 0 amide bonds. The highest BCUT2D eigenvalue weighted by Gasteiger charge is 2.77. The Morgan fingerprint density at radius 1 is 1.24 bits per heavy atom. The van der Waals surface area contributed by atoms with Crippen molar-refractivity contribution in [1.29, 1.82) is 0 Å². The van der Waals surface area contributed by atoms with Crippen LogP contribution in [0.2, 0.25) is 0 Å². The molecule has 3 saturated carbocycles. The first-order chi connectivity index (χ1) is 15.8. The van der Waals surface area contributed by atoms with Gasteiger partial charge in [0.25, 0.3) is 0 Å². The number of ketones is 3. The Morgan fingerprint density at radius 2 is 1.91 bits per heavy atom. The number of ether oxygens (including phenoxy) is 1. The van der Waals surface area contributed by atoms with E-state index in [-0.39, 0.29) is 37.0 Å². The van der Waals surface area contributed by atoms with E-state index < -0.39 is 70.1 Å². The number of Topliss-reactive ketones (excluding diaryl/α,β-unsaturated/α-hetero) is 2. The maximum atomic E-state index is 17.2. The van der Waals surface area contributed by atoms with Gasteiger partial charge in [0.2, 0.25) is 5.78 Å². The number of carbonyl (C=O) groups excluding carboxylic acids is 4. The molecule has 0 spiro atoms. The maximum absolute atomic E-state index is 17.2. The summed E-state index contributed by atoms with van der Waals surface area (Å²) in [6.07, 6.45) is 2.61. The topological polar surface area (TPSA) is 118 Å². The first-order valence-electron chi connectivity index (χ1n) is 12.0. The van der Waals surface area contributed by atoms with Gasteiger partial charge in [-0.15, -0.1) is 0 Å². The highest BCUT2D eigenvalue weighted by atomic mass is 19.1. The van der Waals surface area contributed by atoms with Crippen LogP contribution in [-0.4, -0.2) is 57.5 Å². The van der Waals surface area contributed by atoms with Crippen molar-refractivity contribution in [1.82, 2.24) is 0 Å². The van der Waals surface area contributed by atoms with Crippen molar-refractivity contribution in [3.63, 3.8) is 0 Å². The molecule has 186 valence electrons. The van der Waals surface area contributed by atoms with E-state index in [2.05, 4.69) is 0 Å². The van der Waals surface area contributed by atoms with Crippen LogP contribution >= 0.6 is 0 Å². The molecule has 7 nitrogen and oxygen atoms in total. The predicted octanol–water partition coefficient (Wildman–Crippen LogP) is 2.43. The molecule has 4 aliphatic carbocycles. The van der Waals surface area contributed by atoms with E-state index in [0.717, 1.165) is 6.08 Å². The monoisotopic (exact) mass is 476 g/mol. The molecule has 8 heteroatoms. The van der Waals surface area contributed by atoms with Crippen LogP contribution in [0.15, 0.2) is 23.8 Å². The number of halogens is 1. The van der Waals surface area contributed by atoms with Gasteiger partial charge in [-0.3, -0.25) is 19.2 Å². The number of aliphatic hydroxyl groups is 2. The molecule has 3 fully saturated rings. The molecule has 0 aliphatic heterocycles. The molecule has 8 atom stereocenters. The van der Waals surface area contributed by atoms with Crippen LogP contribution in [0.3, 0.4) is 0 Å². The average Bonchev–Trinajstić information content (AvgIpc) is 2.99. The number of esters is 1. The zero-order valence-corrected chi connectivity index (χ0v) is 20.1. The Balaban J connectivity index is 1.87. The lowest BCUT2D eigenvalue weighted by Crippen LogP contribution is -2.71. The summed E-state index contributed by atoms with van der Waals surface area (Å²) < 4.78 is 23.1. The molecular formula is C26H33FO7. The van der Waals surface area contributed by atoms with E-state index in [0.29, 0.717) is 6.42 Å². The van der Waals surface area contributed by atoms with E-state index in [1.165, 1.54) is 19.1 Å². The second-order valence-electron chi connectivity index (χ2n) is 10.9. The van der Waals surface area contributed by atoms with Crippen molar-refractivity contribution in [2.45, 2.75) is 77.2 Å². The zero-order chi connectivity index (χ0) is 25.3. The molecule has 0 aromatic carbocycles. The van der Waals surface area contributed by atoms with E-state index in [1.807, 2.05) is 0 Å². The molecule has 34 heavy (non-hydrogen) atoms. The minimum atomic E-state index is -2.26. The number of hydrogen-bond acceptors (Lipinski definition) is 7. The summed E-state index contributed by atoms with van der Waals surface area (Å²) >= 11 is 0. The summed E-state index contributed by atoms with van der Waals surface area (Å²) in [5, 5.41) is 21.3. The number of hydrogen-bond donors (Lipinski definition) is 2. The molecule has 0 bridgehead atoms. The van der Waals surface area contributed by atoms with Crippen molar-refractivity contribution >= 4 is 23.3 Å². The van der Waals surface area contributed by atoms with E-state index in [9.17, 15) is 29.4 Å². The predicted molar refractivity (Wildman–Crippen MR) is 119 cm³/mol. The van der Waals surface area contributed by atoms with Crippen molar-refractivity contribution in [2.24, 2.45) is 28.6 Å². The van der Waals surface area contributed by atoms with Crippen LogP contribution in [0.5, 0.6) is 0 Å². The molecule has 4 rings (SSSR count). The van der Waals surface area contributed by atoms with Gasteiger partial charge in [-0.1, -0.05) is 26.8 Å². The van der Waals surface area contributed by atoms with Crippen LogP contribution in [0.1, 0.15) is 59.8 Å². The van der Waals surface area contributed by atoms with Gasteiger partial charge < -0.3 is 14.9 Å². The molecule has 0 radical (unpaired) electrons.